The Hall–Kier alpha value is -2.24. The largest absolute Gasteiger partial charge is 0.493 e. The summed E-state index contributed by atoms with van der Waals surface area (Å²) in [5.74, 6) is 0.788. The molecular weight excluding hydrogens is 424 g/mol. The van der Waals surface area contributed by atoms with Crippen LogP contribution in [0.2, 0.25) is 0 Å². The molecule has 1 atom stereocenters. The van der Waals surface area contributed by atoms with E-state index in [1.807, 2.05) is 0 Å². The monoisotopic (exact) mass is 452 g/mol. The molecule has 4 heterocycles. The average Bonchev–Trinajstić information content (AvgIpc) is 3.18. The van der Waals surface area contributed by atoms with E-state index < -0.39 is 17.7 Å². The van der Waals surface area contributed by atoms with Gasteiger partial charge in [0.25, 0.3) is 0 Å². The van der Waals surface area contributed by atoms with Crippen molar-refractivity contribution in [3.8, 4) is 5.75 Å². The summed E-state index contributed by atoms with van der Waals surface area (Å²) in [5, 5.41) is 9.30. The van der Waals surface area contributed by atoms with Crippen LogP contribution in [0.3, 0.4) is 0 Å². The summed E-state index contributed by atoms with van der Waals surface area (Å²) in [5.41, 5.74) is 6.09. The van der Waals surface area contributed by atoms with Crippen molar-refractivity contribution in [1.29, 1.82) is 0 Å². The quantitative estimate of drug-likeness (QED) is 0.711. The van der Waals surface area contributed by atoms with E-state index in [2.05, 4.69) is 4.98 Å². The molecule has 0 spiro atoms. The molecule has 170 valence electrons. The molecule has 4 rings (SSSR count). The predicted octanol–water partition coefficient (Wildman–Crippen LogP) is 2.10. The van der Waals surface area contributed by atoms with E-state index in [0.717, 1.165) is 36.3 Å². The Bertz CT molecular complexity index is 826. The standard InChI is InChI=1S/C20H28N4O6S/c1-28-14-10-22-15(13-4-8-29-9-5-13)17-16(14)24(18(21)26)20(31-17)30-19(27)23-6-2-12(11-25)3-7-23/h10,12-13,20,25H,2-9,11H2,1H3,(H2,21,26). The minimum atomic E-state index is -0.938. The maximum absolute atomic E-state index is 12.8. The van der Waals surface area contributed by atoms with Gasteiger partial charge in [-0.05, 0) is 31.6 Å². The van der Waals surface area contributed by atoms with Crippen LogP contribution in [0.1, 0.15) is 37.3 Å². The van der Waals surface area contributed by atoms with Crippen molar-refractivity contribution in [2.24, 2.45) is 11.7 Å². The zero-order chi connectivity index (χ0) is 22.0. The lowest BCUT2D eigenvalue weighted by Crippen LogP contribution is -2.46. The number of hydrogen-bond acceptors (Lipinski definition) is 8. The zero-order valence-corrected chi connectivity index (χ0v) is 18.3. The molecule has 2 saturated heterocycles. The highest BCUT2D eigenvalue weighted by molar-refractivity contribution is 8.00. The van der Waals surface area contributed by atoms with Gasteiger partial charge in [0.2, 0.25) is 5.56 Å². The van der Waals surface area contributed by atoms with Gasteiger partial charge < -0.3 is 30.0 Å². The van der Waals surface area contributed by atoms with Gasteiger partial charge in [-0.2, -0.15) is 0 Å². The van der Waals surface area contributed by atoms with E-state index in [-0.39, 0.29) is 18.4 Å². The number of anilines is 1. The normalized spacial score (nSPS) is 22.3. The van der Waals surface area contributed by atoms with Crippen molar-refractivity contribution in [2.75, 3.05) is 44.9 Å². The number of carbonyl (C=O) groups excluding carboxylic acids is 2. The molecule has 3 aliphatic rings. The molecule has 1 unspecified atom stereocenters. The van der Waals surface area contributed by atoms with Crippen LogP contribution in [0.4, 0.5) is 15.3 Å². The SMILES string of the molecule is COc1cnc(C2CCOCC2)c2c1N(C(N)=O)C(OC(=O)N1CCC(CO)CC1)S2. The smallest absolute Gasteiger partial charge is 0.412 e. The number of rotatable bonds is 4. The third-order valence-corrected chi connectivity index (χ3v) is 7.22. The van der Waals surface area contributed by atoms with Crippen LogP contribution in [0.25, 0.3) is 0 Å². The number of fused-ring (bicyclic) bond motifs is 1. The summed E-state index contributed by atoms with van der Waals surface area (Å²) in [6.07, 6.45) is 4.17. The summed E-state index contributed by atoms with van der Waals surface area (Å²) in [7, 11) is 1.50. The molecule has 0 aliphatic carbocycles. The fourth-order valence-electron chi connectivity index (χ4n) is 4.25. The molecule has 3 amide bonds. The highest BCUT2D eigenvalue weighted by Crippen LogP contribution is 2.52. The van der Waals surface area contributed by atoms with Crippen LogP contribution in [0, 0.1) is 5.92 Å². The number of nitrogens with two attached hydrogens (primary N) is 1. The third-order valence-electron chi connectivity index (χ3n) is 6.07. The number of pyridine rings is 1. The minimum absolute atomic E-state index is 0.119. The lowest BCUT2D eigenvalue weighted by molar-refractivity contribution is 0.0729. The number of aliphatic hydroxyl groups excluding tert-OH is 1. The van der Waals surface area contributed by atoms with E-state index >= 15 is 0 Å². The van der Waals surface area contributed by atoms with Crippen LogP contribution in [-0.2, 0) is 9.47 Å². The van der Waals surface area contributed by atoms with Gasteiger partial charge in [0.1, 0.15) is 5.69 Å². The lowest BCUT2D eigenvalue weighted by Gasteiger charge is -2.32. The maximum Gasteiger partial charge on any atom is 0.412 e. The number of thioether (sulfide) groups is 1. The predicted molar refractivity (Wildman–Crippen MR) is 113 cm³/mol. The van der Waals surface area contributed by atoms with Crippen LogP contribution in [0.5, 0.6) is 5.75 Å². The molecule has 1 aromatic rings. The first-order valence-electron chi connectivity index (χ1n) is 10.5. The molecule has 3 aliphatic heterocycles. The van der Waals surface area contributed by atoms with Crippen LogP contribution in [0.15, 0.2) is 11.1 Å². The van der Waals surface area contributed by atoms with E-state index in [1.165, 1.54) is 23.8 Å². The molecule has 0 radical (unpaired) electrons. The molecule has 1 aromatic heterocycles. The molecule has 0 aromatic carbocycles. The number of likely N-dealkylation sites (tertiary alicyclic amines) is 1. The molecule has 2 fully saturated rings. The first-order chi connectivity index (χ1) is 15.0. The van der Waals surface area contributed by atoms with Gasteiger partial charge in [0.15, 0.2) is 5.75 Å². The van der Waals surface area contributed by atoms with Crippen molar-refractivity contribution in [2.45, 2.75) is 42.1 Å². The van der Waals surface area contributed by atoms with E-state index in [1.54, 1.807) is 11.1 Å². The number of hydrogen-bond donors (Lipinski definition) is 2. The number of urea groups is 1. The number of primary amides is 1. The highest BCUT2D eigenvalue weighted by Gasteiger charge is 2.43. The summed E-state index contributed by atoms with van der Waals surface area (Å²) < 4.78 is 16.6. The van der Waals surface area contributed by atoms with Crippen LogP contribution < -0.4 is 15.4 Å². The van der Waals surface area contributed by atoms with Crippen molar-refractivity contribution < 1.29 is 28.9 Å². The number of carbonyl (C=O) groups is 2. The fourth-order valence-corrected chi connectivity index (χ4v) is 5.54. The Morgan fingerprint density at radius 1 is 1.29 bits per heavy atom. The molecule has 11 heteroatoms. The van der Waals surface area contributed by atoms with Gasteiger partial charge in [-0.1, -0.05) is 11.8 Å². The average molecular weight is 453 g/mol. The van der Waals surface area contributed by atoms with Gasteiger partial charge in [-0.3, -0.25) is 4.98 Å². The van der Waals surface area contributed by atoms with Crippen molar-refractivity contribution in [3.05, 3.63) is 11.9 Å². The van der Waals surface area contributed by atoms with Gasteiger partial charge in [0, 0.05) is 38.8 Å². The van der Waals surface area contributed by atoms with Crippen LogP contribution >= 0.6 is 11.8 Å². The summed E-state index contributed by atoms with van der Waals surface area (Å²) in [6, 6.07) is -0.731. The first-order valence-corrected chi connectivity index (χ1v) is 11.4. The highest BCUT2D eigenvalue weighted by atomic mass is 32.2. The molecule has 10 nitrogen and oxygen atoms in total. The topological polar surface area (TPSA) is 127 Å². The summed E-state index contributed by atoms with van der Waals surface area (Å²) in [6.45, 7) is 2.43. The van der Waals surface area contributed by atoms with Crippen molar-refractivity contribution in [1.82, 2.24) is 9.88 Å². The zero-order valence-electron chi connectivity index (χ0n) is 17.5. The molecule has 3 N–H and O–H groups in total. The van der Waals surface area contributed by atoms with E-state index in [4.69, 9.17) is 19.9 Å². The Labute approximate surface area is 185 Å². The fraction of sp³-hybridized carbons (Fsp3) is 0.650. The molecule has 0 bridgehead atoms. The van der Waals surface area contributed by atoms with Gasteiger partial charge in [0.05, 0.1) is 23.9 Å². The number of piperidine rings is 1. The number of amides is 3. The van der Waals surface area contributed by atoms with Crippen molar-refractivity contribution >= 4 is 29.6 Å². The molecular formula is C20H28N4O6S. The Kier molecular flexibility index (Phi) is 6.73. The third kappa shape index (κ3) is 4.39. The maximum atomic E-state index is 12.8. The Morgan fingerprint density at radius 3 is 2.61 bits per heavy atom. The number of aromatic nitrogens is 1. The van der Waals surface area contributed by atoms with Gasteiger partial charge >= 0.3 is 12.1 Å². The second-order valence-corrected chi connectivity index (χ2v) is 8.95. The summed E-state index contributed by atoms with van der Waals surface area (Å²) in [4.78, 5) is 33.4. The first kappa shape index (κ1) is 22.0. The number of ether oxygens (including phenoxy) is 3. The van der Waals surface area contributed by atoms with Gasteiger partial charge in [-0.25, -0.2) is 14.5 Å². The van der Waals surface area contributed by atoms with E-state index in [9.17, 15) is 14.7 Å². The Morgan fingerprint density at radius 2 is 2.00 bits per heavy atom. The molecule has 31 heavy (non-hydrogen) atoms. The molecule has 0 saturated carbocycles. The second-order valence-electron chi connectivity index (χ2n) is 7.91. The van der Waals surface area contributed by atoms with Crippen molar-refractivity contribution in [3.63, 3.8) is 0 Å². The summed E-state index contributed by atoms with van der Waals surface area (Å²) >= 11 is 1.25. The van der Waals surface area contributed by atoms with E-state index in [0.29, 0.717) is 37.7 Å². The lowest BCUT2D eigenvalue weighted by atomic mass is 9.95. The Balaban J connectivity index is 1.58. The number of aliphatic hydroxyl groups is 1. The van der Waals surface area contributed by atoms with Crippen LogP contribution in [-0.4, -0.2) is 72.7 Å². The number of methoxy groups -OCH3 is 1. The van der Waals surface area contributed by atoms with Gasteiger partial charge in [-0.15, -0.1) is 0 Å². The minimum Gasteiger partial charge on any atom is -0.493 e. The number of nitrogens with zero attached hydrogens (tertiary/aromatic N) is 3. The second kappa shape index (κ2) is 9.49.